The summed E-state index contributed by atoms with van der Waals surface area (Å²) in [5.74, 6) is 0.803. The van der Waals surface area contributed by atoms with Gasteiger partial charge in [0.05, 0.1) is 31.8 Å². The molecule has 130 valence electrons. The highest BCUT2D eigenvalue weighted by Gasteiger charge is 2.59. The van der Waals surface area contributed by atoms with Crippen molar-refractivity contribution in [3.05, 3.63) is 35.9 Å². The van der Waals surface area contributed by atoms with Crippen LogP contribution in [0.15, 0.2) is 35.5 Å². The molecule has 3 aliphatic rings. The van der Waals surface area contributed by atoms with E-state index in [4.69, 9.17) is 9.47 Å². The number of hydrazone groups is 1. The predicted molar refractivity (Wildman–Crippen MR) is 91.3 cm³/mol. The van der Waals surface area contributed by atoms with E-state index < -0.39 is 0 Å². The zero-order valence-corrected chi connectivity index (χ0v) is 14.2. The average molecular weight is 340 g/mol. The Bertz CT molecular complexity index is 756. The van der Waals surface area contributed by atoms with Gasteiger partial charge in [-0.3, -0.25) is 9.59 Å². The normalized spacial score (nSPS) is 29.8. The van der Waals surface area contributed by atoms with E-state index >= 15 is 0 Å². The fourth-order valence-corrected chi connectivity index (χ4v) is 4.16. The Hall–Kier alpha value is -2.63. The molecule has 0 unspecified atom stereocenters. The average Bonchev–Trinajstić information content (AvgIpc) is 3.29. The second-order valence-electron chi connectivity index (χ2n) is 6.58. The number of imide groups is 1. The highest BCUT2D eigenvalue weighted by Crippen LogP contribution is 2.52. The SMILES string of the molecule is CCOc1ccc(/C=N\N2C(=O)[C@@H]3[C@H](C2=O)[C@H]2C=C[C@H]3C2)cc1OC. The Labute approximate surface area is 146 Å². The van der Waals surface area contributed by atoms with Gasteiger partial charge in [-0.1, -0.05) is 12.2 Å². The second kappa shape index (κ2) is 6.02. The number of hydrogen-bond acceptors (Lipinski definition) is 5. The van der Waals surface area contributed by atoms with Gasteiger partial charge in [0.15, 0.2) is 11.5 Å². The minimum absolute atomic E-state index is 0.180. The molecule has 4 atom stereocenters. The van der Waals surface area contributed by atoms with Crippen molar-refractivity contribution in [2.45, 2.75) is 13.3 Å². The quantitative estimate of drug-likeness (QED) is 0.468. The maximum atomic E-state index is 12.6. The molecule has 2 fully saturated rings. The van der Waals surface area contributed by atoms with Gasteiger partial charge in [0.1, 0.15) is 0 Å². The van der Waals surface area contributed by atoms with E-state index in [-0.39, 0.29) is 35.5 Å². The van der Waals surface area contributed by atoms with E-state index in [9.17, 15) is 9.59 Å². The second-order valence-corrected chi connectivity index (χ2v) is 6.58. The van der Waals surface area contributed by atoms with Crippen molar-refractivity contribution >= 4 is 18.0 Å². The maximum absolute atomic E-state index is 12.6. The number of rotatable bonds is 5. The van der Waals surface area contributed by atoms with E-state index in [0.717, 1.165) is 17.0 Å². The van der Waals surface area contributed by atoms with Crippen LogP contribution in [0.1, 0.15) is 18.9 Å². The Morgan fingerprint density at radius 1 is 1.16 bits per heavy atom. The van der Waals surface area contributed by atoms with Crippen molar-refractivity contribution in [1.82, 2.24) is 5.01 Å². The fraction of sp³-hybridized carbons (Fsp3) is 0.421. The fourth-order valence-electron chi connectivity index (χ4n) is 4.16. The minimum atomic E-state index is -0.227. The molecule has 4 rings (SSSR count). The number of nitrogens with zero attached hydrogens (tertiary/aromatic N) is 2. The molecule has 1 aromatic carbocycles. The summed E-state index contributed by atoms with van der Waals surface area (Å²) in [5.41, 5.74) is 0.735. The Morgan fingerprint density at radius 3 is 2.44 bits per heavy atom. The van der Waals surface area contributed by atoms with Gasteiger partial charge >= 0.3 is 0 Å². The maximum Gasteiger partial charge on any atom is 0.254 e. The molecule has 25 heavy (non-hydrogen) atoms. The summed E-state index contributed by atoms with van der Waals surface area (Å²) in [6.07, 6.45) is 6.58. The lowest BCUT2D eigenvalue weighted by atomic mass is 9.85. The summed E-state index contributed by atoms with van der Waals surface area (Å²) in [7, 11) is 1.57. The molecular weight excluding hydrogens is 320 g/mol. The molecule has 1 heterocycles. The van der Waals surface area contributed by atoms with Crippen LogP contribution in [-0.2, 0) is 9.59 Å². The zero-order valence-electron chi connectivity index (χ0n) is 14.2. The van der Waals surface area contributed by atoms with Gasteiger partial charge < -0.3 is 9.47 Å². The molecule has 6 heteroatoms. The van der Waals surface area contributed by atoms with Crippen LogP contribution in [0.5, 0.6) is 11.5 Å². The number of carbonyl (C=O) groups excluding carboxylic acids is 2. The smallest absolute Gasteiger partial charge is 0.254 e. The van der Waals surface area contributed by atoms with Crippen molar-refractivity contribution in [2.75, 3.05) is 13.7 Å². The number of fused-ring (bicyclic) bond motifs is 5. The molecule has 1 saturated heterocycles. The summed E-state index contributed by atoms with van der Waals surface area (Å²) in [6.45, 7) is 2.44. The van der Waals surface area contributed by atoms with Crippen LogP contribution in [0, 0.1) is 23.7 Å². The molecule has 1 saturated carbocycles. The van der Waals surface area contributed by atoms with Gasteiger partial charge in [0.25, 0.3) is 11.8 Å². The molecule has 0 aromatic heterocycles. The molecule has 1 aromatic rings. The van der Waals surface area contributed by atoms with Crippen molar-refractivity contribution in [1.29, 1.82) is 0 Å². The van der Waals surface area contributed by atoms with Gasteiger partial charge in [-0.05, 0) is 48.9 Å². The highest BCUT2D eigenvalue weighted by atomic mass is 16.5. The summed E-state index contributed by atoms with van der Waals surface area (Å²) in [5, 5.41) is 5.22. The van der Waals surface area contributed by atoms with Gasteiger partial charge in [0.2, 0.25) is 0 Å². The number of hydrogen-bond donors (Lipinski definition) is 0. The van der Waals surface area contributed by atoms with Gasteiger partial charge in [-0.2, -0.15) is 10.1 Å². The van der Waals surface area contributed by atoms with Crippen LogP contribution < -0.4 is 9.47 Å². The van der Waals surface area contributed by atoms with Crippen LogP contribution in [0.4, 0.5) is 0 Å². The number of ether oxygens (including phenoxy) is 2. The molecule has 0 N–H and O–H groups in total. The van der Waals surface area contributed by atoms with Gasteiger partial charge in [0, 0.05) is 0 Å². The standard InChI is InChI=1S/C19H20N2O4/c1-3-25-14-7-4-11(8-15(14)24-2)10-20-21-18(22)16-12-5-6-13(9-12)17(16)19(21)23/h4-8,10,12-13,16-17H,3,9H2,1-2H3/b20-10-/t12-,13-,16-,17+/m0/s1. The van der Waals surface area contributed by atoms with E-state index in [1.54, 1.807) is 19.2 Å². The number of allylic oxidation sites excluding steroid dienone is 2. The molecule has 2 bridgehead atoms. The first-order valence-corrected chi connectivity index (χ1v) is 8.55. The topological polar surface area (TPSA) is 68.2 Å². The number of benzene rings is 1. The zero-order chi connectivity index (χ0) is 17.6. The largest absolute Gasteiger partial charge is 0.493 e. The molecule has 2 amide bonds. The summed E-state index contributed by atoms with van der Waals surface area (Å²) < 4.78 is 10.8. The monoisotopic (exact) mass is 340 g/mol. The van der Waals surface area contributed by atoms with Crippen LogP contribution in [0.2, 0.25) is 0 Å². The first kappa shape index (κ1) is 15.9. The highest BCUT2D eigenvalue weighted by molar-refractivity contribution is 6.06. The number of methoxy groups -OCH3 is 1. The van der Waals surface area contributed by atoms with Gasteiger partial charge in [-0.15, -0.1) is 0 Å². The first-order chi connectivity index (χ1) is 12.1. The number of amides is 2. The summed E-state index contributed by atoms with van der Waals surface area (Å²) in [4.78, 5) is 25.2. The lowest BCUT2D eigenvalue weighted by Gasteiger charge is -2.13. The number of carbonyl (C=O) groups is 2. The Kier molecular flexibility index (Phi) is 3.82. The molecule has 0 radical (unpaired) electrons. The van der Waals surface area contributed by atoms with E-state index in [2.05, 4.69) is 17.3 Å². The lowest BCUT2D eigenvalue weighted by Crippen LogP contribution is -2.28. The third-order valence-corrected chi connectivity index (χ3v) is 5.26. The van der Waals surface area contributed by atoms with Crippen molar-refractivity contribution in [3.8, 4) is 11.5 Å². The van der Waals surface area contributed by atoms with Crippen LogP contribution in [-0.4, -0.2) is 36.8 Å². The van der Waals surface area contributed by atoms with E-state index in [0.29, 0.717) is 18.1 Å². The summed E-state index contributed by atoms with van der Waals surface area (Å²) in [6, 6.07) is 5.37. The summed E-state index contributed by atoms with van der Waals surface area (Å²) >= 11 is 0. The van der Waals surface area contributed by atoms with Gasteiger partial charge in [-0.25, -0.2) is 0 Å². The van der Waals surface area contributed by atoms with E-state index in [1.165, 1.54) is 6.21 Å². The van der Waals surface area contributed by atoms with Crippen LogP contribution in [0.3, 0.4) is 0 Å². The molecular formula is C19H20N2O4. The molecule has 0 spiro atoms. The minimum Gasteiger partial charge on any atom is -0.493 e. The van der Waals surface area contributed by atoms with Crippen molar-refractivity contribution < 1.29 is 19.1 Å². The van der Waals surface area contributed by atoms with E-state index in [1.807, 2.05) is 13.0 Å². The third-order valence-electron chi connectivity index (χ3n) is 5.26. The molecule has 1 aliphatic heterocycles. The van der Waals surface area contributed by atoms with Crippen LogP contribution >= 0.6 is 0 Å². The van der Waals surface area contributed by atoms with Crippen molar-refractivity contribution in [2.24, 2.45) is 28.8 Å². The third kappa shape index (κ3) is 2.44. The first-order valence-electron chi connectivity index (χ1n) is 8.55. The predicted octanol–water partition coefficient (Wildman–Crippen LogP) is 2.23. The molecule has 2 aliphatic carbocycles. The van der Waals surface area contributed by atoms with Crippen molar-refractivity contribution in [3.63, 3.8) is 0 Å². The Balaban J connectivity index is 1.55. The van der Waals surface area contributed by atoms with Crippen LogP contribution in [0.25, 0.3) is 0 Å². The molecule has 6 nitrogen and oxygen atoms in total. The Morgan fingerprint density at radius 2 is 1.84 bits per heavy atom. The lowest BCUT2D eigenvalue weighted by molar-refractivity contribution is -0.140.